The molecule has 3 N–H and O–H groups in total. The number of hydrogen-bond acceptors (Lipinski definition) is 5. The molecule has 0 atom stereocenters. The first-order valence-electron chi connectivity index (χ1n) is 9.64. The molecule has 1 fully saturated rings. The Labute approximate surface area is 186 Å². The monoisotopic (exact) mass is 449 g/mol. The first-order valence-corrected chi connectivity index (χ1v) is 9.64. The van der Waals surface area contributed by atoms with Crippen LogP contribution in [0.25, 0.3) is 17.4 Å². The van der Waals surface area contributed by atoms with Gasteiger partial charge in [0, 0.05) is 11.6 Å². The van der Waals surface area contributed by atoms with Gasteiger partial charge in [-0.15, -0.1) is 0 Å². The number of para-hydroxylation sites is 1. The Hall–Kier alpha value is -4.73. The van der Waals surface area contributed by atoms with E-state index < -0.39 is 36.2 Å². The van der Waals surface area contributed by atoms with Crippen molar-refractivity contribution < 1.29 is 33.1 Å². The van der Waals surface area contributed by atoms with Gasteiger partial charge in [0.25, 0.3) is 5.91 Å². The van der Waals surface area contributed by atoms with Crippen molar-refractivity contribution in [1.82, 2.24) is 10.2 Å². The Kier molecular flexibility index (Phi) is 5.73. The second-order valence-electron chi connectivity index (χ2n) is 7.00. The van der Waals surface area contributed by atoms with Crippen LogP contribution in [0, 0.1) is 5.82 Å². The number of carboxylic acid groups (broad SMARTS) is 1. The number of carbonyl (C=O) groups excluding carboxylic acids is 3. The lowest BCUT2D eigenvalue weighted by Crippen LogP contribution is -2.38. The molecule has 1 aliphatic heterocycles. The summed E-state index contributed by atoms with van der Waals surface area (Å²) in [4.78, 5) is 48.8. The van der Waals surface area contributed by atoms with Crippen molar-refractivity contribution in [3.05, 3.63) is 83.5 Å². The molecule has 0 saturated carbocycles. The standard InChI is InChI=1S/C23H16FN3O6/c24-16-6-1-2-7-17(16)25-20(28)12-27-21(29)18(26-23(27)32)11-15-8-9-19(33-15)13-4-3-5-14(10-13)22(30)31/h1-11H,12H2,(H,25,28)(H,26,32)(H,30,31)/b18-11+. The molecule has 2 aromatic carbocycles. The SMILES string of the molecule is O=C(CN1C(=O)N/C(=C/c2ccc(-c3cccc(C(=O)O)c3)o2)C1=O)Nc1ccccc1F. The van der Waals surface area contributed by atoms with Gasteiger partial charge in [0.2, 0.25) is 5.91 Å². The lowest BCUT2D eigenvalue weighted by molar-refractivity contribution is -0.127. The van der Waals surface area contributed by atoms with Crippen molar-refractivity contribution >= 4 is 35.6 Å². The first kappa shape index (κ1) is 21.5. The summed E-state index contributed by atoms with van der Waals surface area (Å²) in [7, 11) is 0. The topological polar surface area (TPSA) is 129 Å². The predicted octanol–water partition coefficient (Wildman–Crippen LogP) is 3.32. The zero-order valence-corrected chi connectivity index (χ0v) is 16.9. The molecule has 0 radical (unpaired) electrons. The van der Waals surface area contributed by atoms with Crippen molar-refractivity contribution in [2.45, 2.75) is 0 Å². The highest BCUT2D eigenvalue weighted by atomic mass is 19.1. The number of nitrogens with zero attached hydrogens (tertiary/aromatic N) is 1. The van der Waals surface area contributed by atoms with E-state index in [9.17, 15) is 23.6 Å². The maximum atomic E-state index is 13.7. The number of urea groups is 1. The van der Waals surface area contributed by atoms with E-state index in [1.807, 2.05) is 0 Å². The minimum absolute atomic E-state index is 0.0691. The molecule has 4 rings (SSSR count). The smallest absolute Gasteiger partial charge is 0.335 e. The van der Waals surface area contributed by atoms with Gasteiger partial charge in [-0.25, -0.2) is 18.9 Å². The van der Waals surface area contributed by atoms with E-state index in [4.69, 9.17) is 9.52 Å². The molecule has 1 saturated heterocycles. The second-order valence-corrected chi connectivity index (χ2v) is 7.00. The molecule has 9 nitrogen and oxygen atoms in total. The molecule has 166 valence electrons. The maximum absolute atomic E-state index is 13.7. The zero-order valence-electron chi connectivity index (χ0n) is 16.9. The summed E-state index contributed by atoms with van der Waals surface area (Å²) in [6, 6.07) is 14.0. The fraction of sp³-hybridized carbons (Fsp3) is 0.0435. The van der Waals surface area contributed by atoms with E-state index in [2.05, 4.69) is 10.6 Å². The number of aromatic carboxylic acids is 1. The van der Waals surface area contributed by atoms with Crippen molar-refractivity contribution in [1.29, 1.82) is 0 Å². The van der Waals surface area contributed by atoms with E-state index in [0.717, 1.165) is 0 Å². The van der Waals surface area contributed by atoms with Gasteiger partial charge < -0.3 is 20.2 Å². The average Bonchev–Trinajstić information content (AvgIpc) is 3.36. The number of rotatable bonds is 6. The highest BCUT2D eigenvalue weighted by Crippen LogP contribution is 2.25. The Morgan fingerprint density at radius 3 is 2.64 bits per heavy atom. The summed E-state index contributed by atoms with van der Waals surface area (Å²) < 4.78 is 19.3. The molecule has 10 heteroatoms. The van der Waals surface area contributed by atoms with E-state index >= 15 is 0 Å². The Morgan fingerprint density at radius 1 is 1.09 bits per heavy atom. The summed E-state index contributed by atoms with van der Waals surface area (Å²) >= 11 is 0. The van der Waals surface area contributed by atoms with Crippen LogP contribution in [0.4, 0.5) is 14.9 Å². The molecule has 4 amide bonds. The van der Waals surface area contributed by atoms with Gasteiger partial charge in [0.05, 0.1) is 11.3 Å². The molecule has 0 spiro atoms. The molecular formula is C23H16FN3O6. The quantitative estimate of drug-likeness (QED) is 0.391. The molecule has 33 heavy (non-hydrogen) atoms. The number of halogens is 1. The third-order valence-corrected chi connectivity index (χ3v) is 4.72. The Balaban J connectivity index is 1.47. The van der Waals surface area contributed by atoms with Crippen LogP contribution in [0.2, 0.25) is 0 Å². The Bertz CT molecular complexity index is 1310. The number of nitrogens with one attached hydrogen (secondary N) is 2. The van der Waals surface area contributed by atoms with Gasteiger partial charge in [-0.2, -0.15) is 0 Å². The minimum atomic E-state index is -1.08. The number of anilines is 1. The predicted molar refractivity (Wildman–Crippen MR) is 114 cm³/mol. The summed E-state index contributed by atoms with van der Waals surface area (Å²) in [6.07, 6.45) is 1.29. The molecule has 1 aliphatic rings. The van der Waals surface area contributed by atoms with Crippen molar-refractivity contribution in [2.24, 2.45) is 0 Å². The first-order chi connectivity index (χ1) is 15.8. The lowest BCUT2D eigenvalue weighted by Gasteiger charge is -2.12. The summed E-state index contributed by atoms with van der Waals surface area (Å²) in [5.74, 6) is -2.64. The van der Waals surface area contributed by atoms with E-state index in [1.165, 1.54) is 42.5 Å². The van der Waals surface area contributed by atoms with Gasteiger partial charge in [-0.3, -0.25) is 9.59 Å². The van der Waals surface area contributed by atoms with Crippen LogP contribution in [0.3, 0.4) is 0 Å². The zero-order chi connectivity index (χ0) is 23.5. The second kappa shape index (κ2) is 8.79. The molecule has 2 heterocycles. The summed E-state index contributed by atoms with van der Waals surface area (Å²) in [6.45, 7) is -0.609. The maximum Gasteiger partial charge on any atom is 0.335 e. The third-order valence-electron chi connectivity index (χ3n) is 4.72. The van der Waals surface area contributed by atoms with E-state index in [-0.39, 0.29) is 22.7 Å². The number of furan rings is 1. The molecule has 0 aliphatic carbocycles. The summed E-state index contributed by atoms with van der Waals surface area (Å²) in [5.41, 5.74) is 0.429. The van der Waals surface area contributed by atoms with Crippen LogP contribution in [-0.2, 0) is 9.59 Å². The lowest BCUT2D eigenvalue weighted by atomic mass is 10.1. The molecule has 1 aromatic heterocycles. The number of carbonyl (C=O) groups is 4. The van der Waals surface area contributed by atoms with Gasteiger partial charge in [0.1, 0.15) is 29.6 Å². The molecule has 3 aromatic rings. The number of hydrogen-bond donors (Lipinski definition) is 3. The third kappa shape index (κ3) is 4.64. The number of benzene rings is 2. The number of imide groups is 1. The van der Waals surface area contributed by atoms with Crippen molar-refractivity contribution in [2.75, 3.05) is 11.9 Å². The number of carboxylic acids is 1. The van der Waals surface area contributed by atoms with Crippen LogP contribution in [-0.4, -0.2) is 40.4 Å². The molecule has 0 bridgehead atoms. The van der Waals surface area contributed by atoms with Gasteiger partial charge in [-0.1, -0.05) is 24.3 Å². The molecular weight excluding hydrogens is 433 g/mol. The van der Waals surface area contributed by atoms with Crippen LogP contribution in [0.1, 0.15) is 16.1 Å². The van der Waals surface area contributed by atoms with Gasteiger partial charge >= 0.3 is 12.0 Å². The van der Waals surface area contributed by atoms with Crippen molar-refractivity contribution in [3.63, 3.8) is 0 Å². The van der Waals surface area contributed by atoms with Crippen LogP contribution in [0.15, 0.2) is 70.8 Å². The highest BCUT2D eigenvalue weighted by Gasteiger charge is 2.35. The molecule has 0 unspecified atom stereocenters. The highest BCUT2D eigenvalue weighted by molar-refractivity contribution is 6.15. The Morgan fingerprint density at radius 2 is 1.88 bits per heavy atom. The fourth-order valence-electron chi connectivity index (χ4n) is 3.14. The normalized spacial score (nSPS) is 14.5. The largest absolute Gasteiger partial charge is 0.478 e. The minimum Gasteiger partial charge on any atom is -0.478 e. The summed E-state index contributed by atoms with van der Waals surface area (Å²) in [5, 5.41) is 13.8. The van der Waals surface area contributed by atoms with Gasteiger partial charge in [-0.05, 0) is 36.4 Å². The van der Waals surface area contributed by atoms with Crippen molar-refractivity contribution in [3.8, 4) is 11.3 Å². The fourth-order valence-corrected chi connectivity index (χ4v) is 3.14. The number of amides is 4. The van der Waals surface area contributed by atoms with Gasteiger partial charge in [0.15, 0.2) is 0 Å². The van der Waals surface area contributed by atoms with Crippen LogP contribution in [0.5, 0.6) is 0 Å². The van der Waals surface area contributed by atoms with Crippen LogP contribution >= 0.6 is 0 Å². The van der Waals surface area contributed by atoms with E-state index in [0.29, 0.717) is 16.2 Å². The van der Waals surface area contributed by atoms with Crippen LogP contribution < -0.4 is 10.6 Å². The van der Waals surface area contributed by atoms with E-state index in [1.54, 1.807) is 24.3 Å². The average molecular weight is 449 g/mol.